The number of carbonyl (C=O) groups is 1. The third-order valence-electron chi connectivity index (χ3n) is 2.47. The van der Waals surface area contributed by atoms with Crippen LogP contribution in [0.15, 0.2) is 41.3 Å². The van der Waals surface area contributed by atoms with E-state index in [-0.39, 0.29) is 5.91 Å². The molecule has 1 heterocycles. The van der Waals surface area contributed by atoms with Crippen molar-refractivity contribution in [3.8, 4) is 0 Å². The van der Waals surface area contributed by atoms with Crippen LogP contribution in [-0.4, -0.2) is 18.2 Å². The number of aryl methyl sites for hydroxylation is 1. The molecule has 5 heteroatoms. The van der Waals surface area contributed by atoms with E-state index in [0.717, 1.165) is 5.75 Å². The van der Waals surface area contributed by atoms with Crippen LogP contribution in [0.5, 0.6) is 0 Å². The molecule has 0 atom stereocenters. The summed E-state index contributed by atoms with van der Waals surface area (Å²) in [6.07, 6.45) is 0. The Kier molecular flexibility index (Phi) is 5.31. The van der Waals surface area contributed by atoms with Gasteiger partial charge in [0.2, 0.25) is 0 Å². The fourth-order valence-electron chi connectivity index (χ4n) is 1.49. The number of carbonyl (C=O) groups excluding carboxylic acids is 1. The highest BCUT2D eigenvalue weighted by Gasteiger charge is 2.07. The van der Waals surface area contributed by atoms with E-state index in [1.54, 1.807) is 23.9 Å². The smallest absolute Gasteiger partial charge is 0.261 e. The summed E-state index contributed by atoms with van der Waals surface area (Å²) in [6, 6.07) is 11.9. The van der Waals surface area contributed by atoms with Crippen molar-refractivity contribution in [1.29, 1.82) is 0 Å². The number of benzene rings is 1. The van der Waals surface area contributed by atoms with Crippen LogP contribution in [-0.2, 0) is 0 Å². The number of amides is 1. The molecule has 1 aromatic carbocycles. The highest BCUT2D eigenvalue weighted by Crippen LogP contribution is 2.21. The van der Waals surface area contributed by atoms with E-state index in [2.05, 4.69) is 36.5 Å². The molecule has 1 aromatic heterocycles. The summed E-state index contributed by atoms with van der Waals surface area (Å²) in [5, 5.41) is 2.89. The molecular formula is C14H14ClNOS2. The monoisotopic (exact) mass is 311 g/mol. The summed E-state index contributed by atoms with van der Waals surface area (Å²) >= 11 is 8.83. The van der Waals surface area contributed by atoms with Gasteiger partial charge in [-0.05, 0) is 31.2 Å². The molecule has 0 spiro atoms. The van der Waals surface area contributed by atoms with Crippen molar-refractivity contribution in [2.24, 2.45) is 0 Å². The summed E-state index contributed by atoms with van der Waals surface area (Å²) < 4.78 is 0.638. The van der Waals surface area contributed by atoms with Crippen molar-refractivity contribution in [3.63, 3.8) is 0 Å². The minimum absolute atomic E-state index is 0.0543. The zero-order valence-corrected chi connectivity index (χ0v) is 12.9. The van der Waals surface area contributed by atoms with Gasteiger partial charge in [-0.25, -0.2) is 0 Å². The van der Waals surface area contributed by atoms with Crippen LogP contribution in [0.1, 0.15) is 15.2 Å². The molecule has 100 valence electrons. The van der Waals surface area contributed by atoms with E-state index in [1.165, 1.54) is 21.8 Å². The summed E-state index contributed by atoms with van der Waals surface area (Å²) in [5.41, 5.74) is 1.26. The van der Waals surface area contributed by atoms with E-state index in [9.17, 15) is 4.79 Å². The lowest BCUT2D eigenvalue weighted by Gasteiger charge is -2.04. The van der Waals surface area contributed by atoms with Crippen LogP contribution < -0.4 is 5.32 Å². The molecule has 0 aliphatic carbocycles. The molecule has 0 saturated carbocycles. The molecule has 0 bridgehead atoms. The van der Waals surface area contributed by atoms with Gasteiger partial charge in [0.25, 0.3) is 5.91 Å². The number of hydrogen-bond donors (Lipinski definition) is 1. The molecular weight excluding hydrogens is 298 g/mol. The largest absolute Gasteiger partial charge is 0.350 e. The molecule has 1 N–H and O–H groups in total. The molecule has 2 aromatic rings. The molecule has 19 heavy (non-hydrogen) atoms. The minimum Gasteiger partial charge on any atom is -0.350 e. The first-order valence-electron chi connectivity index (χ1n) is 5.88. The number of hydrogen-bond acceptors (Lipinski definition) is 3. The van der Waals surface area contributed by atoms with Crippen LogP contribution in [0, 0.1) is 6.92 Å². The number of thiophene rings is 1. The molecule has 0 aliphatic rings. The number of thioether (sulfide) groups is 1. The van der Waals surface area contributed by atoms with Crippen molar-refractivity contribution < 1.29 is 4.79 Å². The van der Waals surface area contributed by atoms with Gasteiger partial charge in [0.15, 0.2) is 0 Å². The quantitative estimate of drug-likeness (QED) is 0.661. The number of rotatable bonds is 5. The van der Waals surface area contributed by atoms with Crippen molar-refractivity contribution in [3.05, 3.63) is 51.2 Å². The first kappa shape index (κ1) is 14.4. The van der Waals surface area contributed by atoms with E-state index in [4.69, 9.17) is 11.6 Å². The van der Waals surface area contributed by atoms with Gasteiger partial charge in [-0.3, -0.25) is 4.79 Å². The fraction of sp³-hybridized carbons (Fsp3) is 0.214. The number of nitrogens with one attached hydrogen (secondary N) is 1. The van der Waals surface area contributed by atoms with Gasteiger partial charge in [0.1, 0.15) is 0 Å². The normalized spacial score (nSPS) is 10.4. The predicted molar refractivity (Wildman–Crippen MR) is 83.6 cm³/mol. The number of halogens is 1. The zero-order chi connectivity index (χ0) is 13.7. The first-order chi connectivity index (χ1) is 9.15. The third-order valence-corrected chi connectivity index (χ3v) is 4.72. The summed E-state index contributed by atoms with van der Waals surface area (Å²) in [5.74, 6) is 0.801. The lowest BCUT2D eigenvalue weighted by atomic mass is 10.2. The maximum absolute atomic E-state index is 11.7. The average molecular weight is 312 g/mol. The summed E-state index contributed by atoms with van der Waals surface area (Å²) in [4.78, 5) is 13.6. The molecule has 2 nitrogen and oxygen atoms in total. The van der Waals surface area contributed by atoms with Crippen molar-refractivity contribution in [2.45, 2.75) is 11.8 Å². The summed E-state index contributed by atoms with van der Waals surface area (Å²) in [6.45, 7) is 2.72. The SMILES string of the molecule is Cc1ccc(SCCNC(=O)c2ccc(Cl)s2)cc1. The second kappa shape index (κ2) is 6.98. The first-order valence-corrected chi connectivity index (χ1v) is 8.06. The Morgan fingerprint density at radius 3 is 2.63 bits per heavy atom. The molecule has 0 aliphatic heterocycles. The standard InChI is InChI=1S/C14H14ClNOS2/c1-10-2-4-11(5-3-10)18-9-8-16-14(17)12-6-7-13(15)19-12/h2-7H,8-9H2,1H3,(H,16,17). The Hall–Kier alpha value is -0.970. The van der Waals surface area contributed by atoms with Gasteiger partial charge in [0.05, 0.1) is 9.21 Å². The van der Waals surface area contributed by atoms with Gasteiger partial charge >= 0.3 is 0 Å². The molecule has 2 rings (SSSR count). The predicted octanol–water partition coefficient (Wildman–Crippen LogP) is 4.23. The van der Waals surface area contributed by atoms with Crippen LogP contribution in [0.25, 0.3) is 0 Å². The topological polar surface area (TPSA) is 29.1 Å². The van der Waals surface area contributed by atoms with E-state index in [1.807, 2.05) is 0 Å². The Bertz CT molecular complexity index is 551. The van der Waals surface area contributed by atoms with Gasteiger partial charge in [-0.2, -0.15) is 0 Å². The Morgan fingerprint density at radius 1 is 1.26 bits per heavy atom. The lowest BCUT2D eigenvalue weighted by molar-refractivity contribution is 0.0960. The Balaban J connectivity index is 1.72. The van der Waals surface area contributed by atoms with E-state index >= 15 is 0 Å². The maximum atomic E-state index is 11.7. The van der Waals surface area contributed by atoms with Gasteiger partial charge in [0, 0.05) is 17.2 Å². The van der Waals surface area contributed by atoms with Crippen LogP contribution >= 0.6 is 34.7 Å². The highest BCUT2D eigenvalue weighted by atomic mass is 35.5. The van der Waals surface area contributed by atoms with Crippen molar-refractivity contribution in [1.82, 2.24) is 5.32 Å². The van der Waals surface area contributed by atoms with Crippen molar-refractivity contribution >= 4 is 40.6 Å². The van der Waals surface area contributed by atoms with Gasteiger partial charge < -0.3 is 5.32 Å². The Labute approximate surface area is 126 Å². The van der Waals surface area contributed by atoms with Crippen LogP contribution in [0.4, 0.5) is 0 Å². The van der Waals surface area contributed by atoms with Gasteiger partial charge in [-0.15, -0.1) is 23.1 Å². The van der Waals surface area contributed by atoms with Crippen LogP contribution in [0.2, 0.25) is 4.34 Å². The Morgan fingerprint density at radius 2 is 2.00 bits per heavy atom. The van der Waals surface area contributed by atoms with Gasteiger partial charge in [-0.1, -0.05) is 29.3 Å². The molecule has 0 saturated heterocycles. The second-order valence-corrected chi connectivity index (χ2v) is 6.90. The fourth-order valence-corrected chi connectivity index (χ4v) is 3.22. The lowest BCUT2D eigenvalue weighted by Crippen LogP contribution is -2.24. The zero-order valence-electron chi connectivity index (χ0n) is 10.5. The average Bonchev–Trinajstić information content (AvgIpc) is 2.83. The summed E-state index contributed by atoms with van der Waals surface area (Å²) in [7, 11) is 0. The van der Waals surface area contributed by atoms with Crippen LogP contribution in [0.3, 0.4) is 0 Å². The molecule has 0 fully saturated rings. The van der Waals surface area contributed by atoms with E-state index in [0.29, 0.717) is 15.8 Å². The van der Waals surface area contributed by atoms with Crippen molar-refractivity contribution in [2.75, 3.05) is 12.3 Å². The second-order valence-electron chi connectivity index (χ2n) is 4.02. The molecule has 1 amide bonds. The highest BCUT2D eigenvalue weighted by molar-refractivity contribution is 7.99. The molecule has 0 unspecified atom stereocenters. The maximum Gasteiger partial charge on any atom is 0.261 e. The van der Waals surface area contributed by atoms with E-state index < -0.39 is 0 Å². The minimum atomic E-state index is -0.0543. The molecule has 0 radical (unpaired) electrons. The third kappa shape index (κ3) is 4.56.